The number of anilines is 1. The Hall–Kier alpha value is -0.650. The van der Waals surface area contributed by atoms with Crippen LogP contribution in [0.3, 0.4) is 0 Å². The van der Waals surface area contributed by atoms with Gasteiger partial charge in [-0.15, -0.1) is 11.3 Å². The topological polar surface area (TPSA) is 31.4 Å². The van der Waals surface area contributed by atoms with Crippen molar-refractivity contribution in [2.75, 3.05) is 37.6 Å². The maximum absolute atomic E-state index is 4.66. The molecular formula is C16H30N4S. The summed E-state index contributed by atoms with van der Waals surface area (Å²) in [5.74, 6) is 0. The lowest BCUT2D eigenvalue weighted by Crippen LogP contribution is -2.37. The summed E-state index contributed by atoms with van der Waals surface area (Å²) in [5, 5.41) is 4.74. The van der Waals surface area contributed by atoms with Crippen LogP contribution in [0.25, 0.3) is 0 Å². The highest BCUT2D eigenvalue weighted by molar-refractivity contribution is 7.15. The van der Waals surface area contributed by atoms with Crippen molar-refractivity contribution in [3.8, 4) is 0 Å². The minimum Gasteiger partial charge on any atom is -0.346 e. The van der Waals surface area contributed by atoms with Crippen LogP contribution >= 0.6 is 11.3 Å². The van der Waals surface area contributed by atoms with Gasteiger partial charge >= 0.3 is 0 Å². The van der Waals surface area contributed by atoms with Gasteiger partial charge in [0, 0.05) is 36.2 Å². The molecule has 2 unspecified atom stereocenters. The number of likely N-dealkylation sites (N-methyl/N-ethyl adjacent to an activating group) is 1. The number of rotatable bonds is 8. The normalized spacial score (nSPS) is 20.4. The molecule has 1 fully saturated rings. The first-order valence-corrected chi connectivity index (χ1v) is 9.19. The molecule has 5 heteroatoms. The molecule has 0 aliphatic carbocycles. The van der Waals surface area contributed by atoms with Crippen molar-refractivity contribution in [2.24, 2.45) is 0 Å². The van der Waals surface area contributed by atoms with Gasteiger partial charge in [-0.1, -0.05) is 20.8 Å². The van der Waals surface area contributed by atoms with E-state index in [0.29, 0.717) is 12.1 Å². The molecule has 0 amide bonds. The van der Waals surface area contributed by atoms with Crippen LogP contribution in [0.15, 0.2) is 6.20 Å². The van der Waals surface area contributed by atoms with Gasteiger partial charge in [0.05, 0.1) is 0 Å². The molecule has 1 N–H and O–H groups in total. The molecule has 1 aliphatic heterocycles. The molecule has 0 aromatic carbocycles. The zero-order chi connectivity index (χ0) is 15.2. The molecule has 4 nitrogen and oxygen atoms in total. The summed E-state index contributed by atoms with van der Waals surface area (Å²) in [6.07, 6.45) is 4.49. The van der Waals surface area contributed by atoms with Gasteiger partial charge in [0.25, 0.3) is 0 Å². The van der Waals surface area contributed by atoms with Crippen molar-refractivity contribution in [2.45, 2.75) is 52.6 Å². The highest BCUT2D eigenvalue weighted by Gasteiger charge is 2.28. The van der Waals surface area contributed by atoms with Crippen LogP contribution in [-0.4, -0.2) is 48.6 Å². The van der Waals surface area contributed by atoms with Gasteiger partial charge in [-0.3, -0.25) is 4.90 Å². The molecule has 2 heterocycles. The van der Waals surface area contributed by atoms with E-state index in [1.807, 2.05) is 11.3 Å². The average molecular weight is 311 g/mol. The third kappa shape index (κ3) is 4.18. The Morgan fingerprint density at radius 1 is 1.43 bits per heavy atom. The fourth-order valence-corrected chi connectivity index (χ4v) is 4.02. The van der Waals surface area contributed by atoms with Gasteiger partial charge in [0.1, 0.15) is 0 Å². The summed E-state index contributed by atoms with van der Waals surface area (Å²) < 4.78 is 0. The van der Waals surface area contributed by atoms with Crippen LogP contribution < -0.4 is 10.2 Å². The van der Waals surface area contributed by atoms with E-state index in [2.05, 4.69) is 54.0 Å². The van der Waals surface area contributed by atoms with Crippen molar-refractivity contribution in [3.63, 3.8) is 0 Å². The van der Waals surface area contributed by atoms with E-state index in [4.69, 9.17) is 0 Å². The fourth-order valence-electron chi connectivity index (χ4n) is 3.04. The number of hydrogen-bond donors (Lipinski definition) is 1. The Labute approximate surface area is 133 Å². The van der Waals surface area contributed by atoms with E-state index in [0.717, 1.165) is 32.7 Å². The number of nitrogens with zero attached hydrogens (tertiary/aromatic N) is 3. The molecule has 2 rings (SSSR count). The molecule has 1 aliphatic rings. The van der Waals surface area contributed by atoms with E-state index in [1.54, 1.807) is 0 Å². The molecule has 2 atom stereocenters. The summed E-state index contributed by atoms with van der Waals surface area (Å²) in [6, 6.07) is 1.11. The zero-order valence-electron chi connectivity index (χ0n) is 13.9. The van der Waals surface area contributed by atoms with Crippen molar-refractivity contribution < 1.29 is 0 Å². The lowest BCUT2D eigenvalue weighted by Gasteiger charge is -2.25. The van der Waals surface area contributed by atoms with Gasteiger partial charge in [0.15, 0.2) is 5.13 Å². The first-order valence-electron chi connectivity index (χ1n) is 8.37. The molecule has 120 valence electrons. The van der Waals surface area contributed by atoms with Gasteiger partial charge in [-0.2, -0.15) is 0 Å². The van der Waals surface area contributed by atoms with Crippen molar-refractivity contribution >= 4 is 16.5 Å². The molecule has 1 aromatic heterocycles. The third-order valence-electron chi connectivity index (χ3n) is 4.40. The van der Waals surface area contributed by atoms with Crippen LogP contribution in [0.1, 0.15) is 51.5 Å². The maximum Gasteiger partial charge on any atom is 0.185 e. The SMILES string of the molecule is CCCNC(C)c1cnc(N2CCC(N(CC)CC)C2)s1. The lowest BCUT2D eigenvalue weighted by atomic mass is 10.2. The Balaban J connectivity index is 1.93. The molecule has 0 saturated carbocycles. The fraction of sp³-hybridized carbons (Fsp3) is 0.812. The first-order chi connectivity index (χ1) is 10.2. The van der Waals surface area contributed by atoms with E-state index in [-0.39, 0.29) is 0 Å². The van der Waals surface area contributed by atoms with Crippen LogP contribution in [-0.2, 0) is 0 Å². The van der Waals surface area contributed by atoms with E-state index in [1.165, 1.54) is 22.9 Å². The highest BCUT2D eigenvalue weighted by Crippen LogP contribution is 2.30. The van der Waals surface area contributed by atoms with Crippen LogP contribution in [0.2, 0.25) is 0 Å². The van der Waals surface area contributed by atoms with Gasteiger partial charge in [0.2, 0.25) is 0 Å². The molecule has 0 spiro atoms. The van der Waals surface area contributed by atoms with Crippen molar-refractivity contribution in [1.82, 2.24) is 15.2 Å². The summed E-state index contributed by atoms with van der Waals surface area (Å²) >= 11 is 1.85. The second-order valence-electron chi connectivity index (χ2n) is 5.83. The summed E-state index contributed by atoms with van der Waals surface area (Å²) in [4.78, 5) is 11.0. The minimum atomic E-state index is 0.414. The van der Waals surface area contributed by atoms with E-state index >= 15 is 0 Å². The summed E-state index contributed by atoms with van der Waals surface area (Å²) in [7, 11) is 0. The number of hydrogen-bond acceptors (Lipinski definition) is 5. The molecule has 1 aromatic rings. The standard InChI is InChI=1S/C16H30N4S/c1-5-9-17-13(4)15-11-18-16(21-15)20-10-8-14(12-20)19(6-2)7-3/h11,13-14,17H,5-10,12H2,1-4H3. The van der Waals surface area contributed by atoms with E-state index in [9.17, 15) is 0 Å². The van der Waals surface area contributed by atoms with Crippen molar-refractivity contribution in [3.05, 3.63) is 11.1 Å². The summed E-state index contributed by atoms with van der Waals surface area (Å²) in [6.45, 7) is 14.6. The molecule has 0 bridgehead atoms. The molecule has 21 heavy (non-hydrogen) atoms. The smallest absolute Gasteiger partial charge is 0.185 e. The van der Waals surface area contributed by atoms with Gasteiger partial charge in [-0.25, -0.2) is 4.98 Å². The van der Waals surface area contributed by atoms with Crippen LogP contribution in [0.4, 0.5) is 5.13 Å². The third-order valence-corrected chi connectivity index (χ3v) is 5.64. The summed E-state index contributed by atoms with van der Waals surface area (Å²) in [5.41, 5.74) is 0. The predicted octanol–water partition coefficient (Wildman–Crippen LogP) is 3.12. The van der Waals surface area contributed by atoms with E-state index < -0.39 is 0 Å². The molecule has 1 saturated heterocycles. The second kappa shape index (κ2) is 8.11. The quantitative estimate of drug-likeness (QED) is 0.799. The number of nitrogens with one attached hydrogen (secondary N) is 1. The molecular weight excluding hydrogens is 280 g/mol. The first kappa shape index (κ1) is 16.7. The van der Waals surface area contributed by atoms with Gasteiger partial charge in [-0.05, 0) is 39.4 Å². The van der Waals surface area contributed by atoms with Gasteiger partial charge < -0.3 is 10.2 Å². The predicted molar refractivity (Wildman–Crippen MR) is 92.4 cm³/mol. The van der Waals surface area contributed by atoms with Crippen LogP contribution in [0.5, 0.6) is 0 Å². The minimum absolute atomic E-state index is 0.414. The number of aromatic nitrogens is 1. The zero-order valence-corrected chi connectivity index (χ0v) is 14.7. The second-order valence-corrected chi connectivity index (χ2v) is 6.87. The Bertz CT molecular complexity index is 416. The monoisotopic (exact) mass is 310 g/mol. The van der Waals surface area contributed by atoms with Crippen molar-refractivity contribution in [1.29, 1.82) is 0 Å². The largest absolute Gasteiger partial charge is 0.346 e. The highest BCUT2D eigenvalue weighted by atomic mass is 32.1. The maximum atomic E-state index is 4.66. The van der Waals surface area contributed by atoms with Crippen LogP contribution in [0, 0.1) is 0 Å². The Morgan fingerprint density at radius 3 is 2.86 bits per heavy atom. The Morgan fingerprint density at radius 2 is 2.19 bits per heavy atom. The average Bonchev–Trinajstić information content (AvgIpc) is 3.15. The lowest BCUT2D eigenvalue weighted by molar-refractivity contribution is 0.232. The Kier molecular flexibility index (Phi) is 6.45. The number of thiazole rings is 1. The molecule has 0 radical (unpaired) electrons.